The highest BCUT2D eigenvalue weighted by Gasteiger charge is 2.16. The number of ether oxygens (including phenoxy) is 3. The maximum atomic E-state index is 6.09. The van der Waals surface area contributed by atoms with Crippen LogP contribution in [0.1, 0.15) is 16.7 Å². The summed E-state index contributed by atoms with van der Waals surface area (Å²) in [6.45, 7) is 1.34. The summed E-state index contributed by atoms with van der Waals surface area (Å²) in [5.74, 6) is 1.78. The third-order valence-electron chi connectivity index (χ3n) is 4.45. The molecule has 4 heteroatoms. The van der Waals surface area contributed by atoms with Gasteiger partial charge in [-0.3, -0.25) is 0 Å². The molecule has 1 aromatic heterocycles. The summed E-state index contributed by atoms with van der Waals surface area (Å²) in [4.78, 5) is 3.14. The van der Waals surface area contributed by atoms with Crippen LogP contribution in [0.25, 0.3) is 0 Å². The molecule has 4 rings (SSSR count). The van der Waals surface area contributed by atoms with E-state index in [1.807, 2.05) is 91.0 Å². The first-order chi connectivity index (χ1) is 14.4. The van der Waals surface area contributed by atoms with Gasteiger partial charge in [-0.25, -0.2) is 0 Å². The molecule has 0 saturated carbocycles. The van der Waals surface area contributed by atoms with Crippen molar-refractivity contribution in [1.82, 2.24) is 4.98 Å². The Morgan fingerprint density at radius 3 is 1.48 bits per heavy atom. The summed E-state index contributed by atoms with van der Waals surface area (Å²) in [6.07, 6.45) is 1.78. The zero-order valence-electron chi connectivity index (χ0n) is 16.1. The highest BCUT2D eigenvalue weighted by Crippen LogP contribution is 2.38. The van der Waals surface area contributed by atoms with Crippen molar-refractivity contribution >= 4 is 0 Å². The first-order valence-electron chi connectivity index (χ1n) is 9.60. The molecule has 0 fully saturated rings. The van der Waals surface area contributed by atoms with Gasteiger partial charge in [0, 0.05) is 0 Å². The van der Waals surface area contributed by atoms with Crippen molar-refractivity contribution in [2.75, 3.05) is 0 Å². The molecule has 29 heavy (non-hydrogen) atoms. The lowest BCUT2D eigenvalue weighted by Gasteiger charge is -2.12. The first kappa shape index (κ1) is 18.7. The fraction of sp³-hybridized carbons (Fsp3) is 0.120. The molecule has 0 spiro atoms. The second-order valence-electron chi connectivity index (χ2n) is 6.63. The number of hydrogen-bond acceptors (Lipinski definition) is 3. The first-order valence-corrected chi connectivity index (χ1v) is 9.60. The van der Waals surface area contributed by atoms with E-state index in [-0.39, 0.29) is 0 Å². The van der Waals surface area contributed by atoms with Crippen LogP contribution in [-0.2, 0) is 19.8 Å². The Kier molecular flexibility index (Phi) is 6.13. The number of benzene rings is 3. The summed E-state index contributed by atoms with van der Waals surface area (Å²) in [5.41, 5.74) is 3.26. The van der Waals surface area contributed by atoms with Crippen molar-refractivity contribution < 1.29 is 14.2 Å². The lowest BCUT2D eigenvalue weighted by molar-refractivity contribution is 0.232. The molecule has 0 aliphatic heterocycles. The Balaban J connectivity index is 1.49. The highest BCUT2D eigenvalue weighted by atomic mass is 16.5. The Labute approximate surface area is 170 Å². The molecule has 0 aliphatic carbocycles. The van der Waals surface area contributed by atoms with Crippen molar-refractivity contribution in [2.24, 2.45) is 0 Å². The van der Waals surface area contributed by atoms with Gasteiger partial charge in [-0.15, -0.1) is 0 Å². The minimum atomic E-state index is 0.433. The lowest BCUT2D eigenvalue weighted by atomic mass is 10.2. The Hall–Kier alpha value is -3.66. The number of aromatic nitrogens is 1. The average Bonchev–Trinajstić information content (AvgIpc) is 3.18. The zero-order valence-corrected chi connectivity index (χ0v) is 16.1. The van der Waals surface area contributed by atoms with Crippen LogP contribution in [0.2, 0.25) is 0 Å². The van der Waals surface area contributed by atoms with Gasteiger partial charge >= 0.3 is 0 Å². The number of nitrogens with one attached hydrogen (secondary N) is 1. The molecule has 0 aliphatic rings. The predicted octanol–water partition coefficient (Wildman–Crippen LogP) is 5.75. The number of rotatable bonds is 9. The average molecular weight is 385 g/mol. The van der Waals surface area contributed by atoms with E-state index in [2.05, 4.69) is 4.98 Å². The summed E-state index contributed by atoms with van der Waals surface area (Å²) in [6, 6.07) is 30.1. The minimum absolute atomic E-state index is 0.433. The Bertz CT molecular complexity index is 937. The Morgan fingerprint density at radius 1 is 0.517 bits per heavy atom. The number of H-pyrrole nitrogens is 1. The molecule has 1 N–H and O–H groups in total. The maximum absolute atomic E-state index is 6.09. The molecule has 0 amide bonds. The van der Waals surface area contributed by atoms with Crippen molar-refractivity contribution in [3.8, 4) is 17.4 Å². The van der Waals surface area contributed by atoms with E-state index in [4.69, 9.17) is 14.2 Å². The standard InChI is InChI=1S/C25H23NO3/c1-4-10-20(11-5-1)17-27-23-16-26-25(29-19-22-14-8-3-9-15-22)24(23)28-18-21-12-6-2-7-13-21/h1-16,26H,17-19H2. The van der Waals surface area contributed by atoms with Crippen molar-refractivity contribution in [2.45, 2.75) is 19.8 Å². The van der Waals surface area contributed by atoms with Gasteiger partial charge in [-0.1, -0.05) is 91.0 Å². The van der Waals surface area contributed by atoms with E-state index in [0.29, 0.717) is 37.2 Å². The molecule has 1 heterocycles. The molecular weight excluding hydrogens is 362 g/mol. The largest absolute Gasteiger partial charge is 0.483 e. The van der Waals surface area contributed by atoms with Gasteiger partial charge in [0.15, 0.2) is 5.75 Å². The normalized spacial score (nSPS) is 10.5. The molecular formula is C25H23NO3. The topological polar surface area (TPSA) is 43.5 Å². The predicted molar refractivity (Wildman–Crippen MR) is 113 cm³/mol. The summed E-state index contributed by atoms with van der Waals surface area (Å²) >= 11 is 0. The smallest absolute Gasteiger partial charge is 0.239 e. The summed E-state index contributed by atoms with van der Waals surface area (Å²) in [7, 11) is 0. The van der Waals surface area contributed by atoms with Crippen LogP contribution in [0.4, 0.5) is 0 Å². The third-order valence-corrected chi connectivity index (χ3v) is 4.45. The van der Waals surface area contributed by atoms with Crippen molar-refractivity contribution in [3.63, 3.8) is 0 Å². The van der Waals surface area contributed by atoms with Crippen LogP contribution < -0.4 is 14.2 Å². The molecule has 0 radical (unpaired) electrons. The monoisotopic (exact) mass is 385 g/mol. The van der Waals surface area contributed by atoms with Gasteiger partial charge in [0.2, 0.25) is 11.6 Å². The fourth-order valence-electron chi connectivity index (χ4n) is 2.92. The van der Waals surface area contributed by atoms with Crippen molar-refractivity contribution in [1.29, 1.82) is 0 Å². The molecule has 4 nitrogen and oxygen atoms in total. The highest BCUT2D eigenvalue weighted by molar-refractivity contribution is 5.48. The quantitative estimate of drug-likeness (QED) is 0.399. The van der Waals surface area contributed by atoms with E-state index >= 15 is 0 Å². The molecule has 0 atom stereocenters. The summed E-state index contributed by atoms with van der Waals surface area (Å²) in [5, 5.41) is 0. The molecule has 0 unspecified atom stereocenters. The maximum Gasteiger partial charge on any atom is 0.239 e. The third kappa shape index (κ3) is 5.20. The van der Waals surface area contributed by atoms with Crippen molar-refractivity contribution in [3.05, 3.63) is 114 Å². The number of aromatic amines is 1. The second-order valence-corrected chi connectivity index (χ2v) is 6.63. The van der Waals surface area contributed by atoms with E-state index < -0.39 is 0 Å². The molecule has 0 bridgehead atoms. The lowest BCUT2D eigenvalue weighted by Crippen LogP contribution is -2.01. The molecule has 3 aromatic carbocycles. The van der Waals surface area contributed by atoms with Crippen LogP contribution >= 0.6 is 0 Å². The van der Waals surface area contributed by atoms with Gasteiger partial charge in [0.1, 0.15) is 19.8 Å². The zero-order chi connectivity index (χ0) is 19.7. The van der Waals surface area contributed by atoms with Crippen LogP contribution in [0.15, 0.2) is 97.2 Å². The van der Waals surface area contributed by atoms with Crippen LogP contribution in [0, 0.1) is 0 Å². The minimum Gasteiger partial charge on any atom is -0.483 e. The summed E-state index contributed by atoms with van der Waals surface area (Å²) < 4.78 is 18.1. The van der Waals surface area contributed by atoms with Gasteiger partial charge in [-0.05, 0) is 16.7 Å². The fourth-order valence-corrected chi connectivity index (χ4v) is 2.92. The van der Waals surface area contributed by atoms with Crippen LogP contribution in [0.5, 0.6) is 17.4 Å². The van der Waals surface area contributed by atoms with E-state index in [1.165, 1.54) is 0 Å². The van der Waals surface area contributed by atoms with E-state index in [1.54, 1.807) is 6.20 Å². The number of hydrogen-bond donors (Lipinski definition) is 1. The van der Waals surface area contributed by atoms with Crippen LogP contribution in [-0.4, -0.2) is 4.98 Å². The van der Waals surface area contributed by atoms with E-state index in [0.717, 1.165) is 16.7 Å². The molecule has 4 aromatic rings. The second kappa shape index (κ2) is 9.51. The van der Waals surface area contributed by atoms with E-state index in [9.17, 15) is 0 Å². The van der Waals surface area contributed by atoms with Gasteiger partial charge in [0.25, 0.3) is 0 Å². The SMILES string of the molecule is c1ccc(COc2c[nH]c(OCc3ccccc3)c2OCc2ccccc2)cc1. The van der Waals surface area contributed by atoms with Gasteiger partial charge < -0.3 is 19.2 Å². The molecule has 146 valence electrons. The Morgan fingerprint density at radius 2 is 0.966 bits per heavy atom. The van der Waals surface area contributed by atoms with Gasteiger partial charge in [-0.2, -0.15) is 0 Å². The van der Waals surface area contributed by atoms with Crippen LogP contribution in [0.3, 0.4) is 0 Å². The molecule has 0 saturated heterocycles. The van der Waals surface area contributed by atoms with Gasteiger partial charge in [0.05, 0.1) is 6.20 Å².